The van der Waals surface area contributed by atoms with Gasteiger partial charge in [0, 0.05) is 36.9 Å². The van der Waals surface area contributed by atoms with Crippen molar-refractivity contribution in [2.45, 2.75) is 39.5 Å². The molecule has 1 saturated heterocycles. The maximum absolute atomic E-state index is 13.1. The average molecular weight is 444 g/mol. The van der Waals surface area contributed by atoms with Crippen LogP contribution < -0.4 is 4.74 Å². The number of hydrogen-bond donors (Lipinski definition) is 1. The summed E-state index contributed by atoms with van der Waals surface area (Å²) in [6, 6.07) is 11.5. The highest BCUT2D eigenvalue weighted by Crippen LogP contribution is 2.40. The van der Waals surface area contributed by atoms with Crippen LogP contribution in [-0.4, -0.2) is 37.8 Å². The van der Waals surface area contributed by atoms with Crippen molar-refractivity contribution in [1.29, 1.82) is 0 Å². The van der Waals surface area contributed by atoms with E-state index in [1.807, 2.05) is 20.8 Å². The van der Waals surface area contributed by atoms with Gasteiger partial charge in [0.15, 0.2) is 0 Å². The molecule has 1 aliphatic rings. The van der Waals surface area contributed by atoms with Crippen molar-refractivity contribution in [3.63, 3.8) is 0 Å². The Labute approximate surface area is 192 Å². The van der Waals surface area contributed by atoms with E-state index >= 15 is 0 Å². The second-order valence-electron chi connectivity index (χ2n) is 8.21. The van der Waals surface area contributed by atoms with Crippen LogP contribution in [0.25, 0.3) is 5.76 Å². The average Bonchev–Trinajstić information content (AvgIpc) is 3.06. The van der Waals surface area contributed by atoms with Gasteiger partial charge >= 0.3 is 0 Å². The first-order chi connectivity index (χ1) is 15.9. The standard InChI is InChI=1S/C26H25N3O4/c1-16(2)33-21-5-4-20(14-17(21)3)24(30)22-23(19-8-12-28-13-9-19)29(26(32)25(22)31)15-18-6-10-27-11-7-18/h4-14,16,23,30H,15H2,1-3H3/b24-22-. The van der Waals surface area contributed by atoms with Gasteiger partial charge in [0.25, 0.3) is 11.7 Å². The highest BCUT2D eigenvalue weighted by atomic mass is 16.5. The predicted octanol–water partition coefficient (Wildman–Crippen LogP) is 4.19. The van der Waals surface area contributed by atoms with Crippen molar-refractivity contribution in [2.24, 2.45) is 0 Å². The Morgan fingerprint density at radius 2 is 1.67 bits per heavy atom. The quantitative estimate of drug-likeness (QED) is 0.349. The molecule has 33 heavy (non-hydrogen) atoms. The van der Waals surface area contributed by atoms with Crippen molar-refractivity contribution in [2.75, 3.05) is 0 Å². The molecular weight excluding hydrogens is 418 g/mol. The molecule has 0 saturated carbocycles. The van der Waals surface area contributed by atoms with E-state index in [9.17, 15) is 14.7 Å². The van der Waals surface area contributed by atoms with E-state index in [4.69, 9.17) is 4.74 Å². The summed E-state index contributed by atoms with van der Waals surface area (Å²) in [5.41, 5.74) is 2.84. The van der Waals surface area contributed by atoms with Crippen LogP contribution in [0.5, 0.6) is 5.75 Å². The molecule has 1 aromatic carbocycles. The van der Waals surface area contributed by atoms with Gasteiger partial charge in [0.1, 0.15) is 11.5 Å². The lowest BCUT2D eigenvalue weighted by Gasteiger charge is -2.25. The van der Waals surface area contributed by atoms with E-state index in [-0.39, 0.29) is 24.0 Å². The number of pyridine rings is 2. The van der Waals surface area contributed by atoms with E-state index in [0.29, 0.717) is 16.9 Å². The summed E-state index contributed by atoms with van der Waals surface area (Å²) in [6.07, 6.45) is 6.48. The minimum Gasteiger partial charge on any atom is -0.507 e. The van der Waals surface area contributed by atoms with Crippen LogP contribution in [-0.2, 0) is 16.1 Å². The fraction of sp³-hybridized carbons (Fsp3) is 0.231. The Balaban J connectivity index is 1.81. The Morgan fingerprint density at radius 3 is 2.27 bits per heavy atom. The third kappa shape index (κ3) is 4.48. The zero-order valence-electron chi connectivity index (χ0n) is 18.7. The van der Waals surface area contributed by atoms with Gasteiger partial charge in [-0.15, -0.1) is 0 Å². The molecule has 0 radical (unpaired) electrons. The van der Waals surface area contributed by atoms with Crippen LogP contribution in [0.4, 0.5) is 0 Å². The van der Waals surface area contributed by atoms with Gasteiger partial charge in [0.2, 0.25) is 0 Å². The Morgan fingerprint density at radius 1 is 1.03 bits per heavy atom. The van der Waals surface area contributed by atoms with Crippen molar-refractivity contribution in [3.8, 4) is 5.75 Å². The largest absolute Gasteiger partial charge is 0.507 e. The fourth-order valence-electron chi connectivity index (χ4n) is 3.96. The lowest BCUT2D eigenvalue weighted by Crippen LogP contribution is -2.29. The molecule has 0 bridgehead atoms. The Hall–Kier alpha value is -4.00. The molecule has 1 N–H and O–H groups in total. The molecule has 168 valence electrons. The fourth-order valence-corrected chi connectivity index (χ4v) is 3.96. The first-order valence-corrected chi connectivity index (χ1v) is 10.7. The van der Waals surface area contributed by atoms with Gasteiger partial charge in [0.05, 0.1) is 17.7 Å². The summed E-state index contributed by atoms with van der Waals surface area (Å²) < 4.78 is 5.78. The highest BCUT2D eigenvalue weighted by Gasteiger charge is 2.46. The number of ether oxygens (including phenoxy) is 1. The van der Waals surface area contributed by atoms with Gasteiger partial charge < -0.3 is 14.7 Å². The van der Waals surface area contributed by atoms with Crippen LogP contribution in [0.2, 0.25) is 0 Å². The van der Waals surface area contributed by atoms with Crippen molar-refractivity contribution >= 4 is 17.4 Å². The molecule has 1 unspecified atom stereocenters. The second-order valence-corrected chi connectivity index (χ2v) is 8.21. The molecule has 0 aliphatic carbocycles. The predicted molar refractivity (Wildman–Crippen MR) is 123 cm³/mol. The molecule has 0 spiro atoms. The molecule has 1 aliphatic heterocycles. The van der Waals surface area contributed by atoms with E-state index in [1.54, 1.807) is 67.3 Å². The number of rotatable bonds is 6. The van der Waals surface area contributed by atoms with Gasteiger partial charge in [-0.3, -0.25) is 19.6 Å². The number of Topliss-reactive ketones (excluding diaryl/α,β-unsaturated/α-hetero) is 1. The maximum Gasteiger partial charge on any atom is 0.295 e. The monoisotopic (exact) mass is 443 g/mol. The van der Waals surface area contributed by atoms with Crippen LogP contribution in [0.3, 0.4) is 0 Å². The molecule has 1 amide bonds. The number of nitrogens with zero attached hydrogens (tertiary/aromatic N) is 3. The van der Waals surface area contributed by atoms with E-state index < -0.39 is 17.7 Å². The van der Waals surface area contributed by atoms with E-state index in [2.05, 4.69) is 9.97 Å². The zero-order chi connectivity index (χ0) is 23.5. The summed E-state index contributed by atoms with van der Waals surface area (Å²) in [5, 5.41) is 11.2. The third-order valence-electron chi connectivity index (χ3n) is 5.48. The van der Waals surface area contributed by atoms with Crippen LogP contribution in [0, 0.1) is 6.92 Å². The maximum atomic E-state index is 13.1. The normalized spacial score (nSPS) is 17.6. The second kappa shape index (κ2) is 9.24. The number of aliphatic hydroxyl groups excluding tert-OH is 1. The van der Waals surface area contributed by atoms with E-state index in [1.165, 1.54) is 4.90 Å². The third-order valence-corrected chi connectivity index (χ3v) is 5.48. The van der Waals surface area contributed by atoms with Gasteiger partial charge in [-0.25, -0.2) is 0 Å². The first-order valence-electron chi connectivity index (χ1n) is 10.7. The molecule has 4 rings (SSSR count). The molecule has 3 heterocycles. The number of benzene rings is 1. The lowest BCUT2D eigenvalue weighted by atomic mass is 9.95. The van der Waals surface area contributed by atoms with Crippen molar-refractivity contribution in [1.82, 2.24) is 14.9 Å². The van der Waals surface area contributed by atoms with Crippen molar-refractivity contribution in [3.05, 3.63) is 95.1 Å². The van der Waals surface area contributed by atoms with E-state index in [0.717, 1.165) is 11.1 Å². The number of aryl methyl sites for hydroxylation is 1. The zero-order valence-corrected chi connectivity index (χ0v) is 18.7. The SMILES string of the molecule is Cc1cc(/C(O)=C2/C(=O)C(=O)N(Cc3ccncc3)C2c2ccncc2)ccc1OC(C)C. The number of ketones is 1. The summed E-state index contributed by atoms with van der Waals surface area (Å²) in [4.78, 5) is 35.7. The minimum absolute atomic E-state index is 0.00773. The number of amides is 1. The first kappa shape index (κ1) is 22.2. The Kier molecular flexibility index (Phi) is 6.22. The van der Waals surface area contributed by atoms with Gasteiger partial charge in [-0.2, -0.15) is 0 Å². The summed E-state index contributed by atoms with van der Waals surface area (Å²) in [5.74, 6) is -0.896. The van der Waals surface area contributed by atoms with Crippen LogP contribution in [0.15, 0.2) is 72.8 Å². The number of aliphatic hydroxyl groups is 1. The molecule has 7 heteroatoms. The number of carbonyl (C=O) groups is 2. The van der Waals surface area contributed by atoms with Crippen LogP contribution in [0.1, 0.15) is 42.1 Å². The molecule has 2 aromatic heterocycles. The topological polar surface area (TPSA) is 92.6 Å². The van der Waals surface area contributed by atoms with Crippen molar-refractivity contribution < 1.29 is 19.4 Å². The number of carbonyl (C=O) groups excluding carboxylic acids is 2. The molecule has 1 fully saturated rings. The summed E-state index contributed by atoms with van der Waals surface area (Å²) in [6.45, 7) is 5.95. The van der Waals surface area contributed by atoms with Gasteiger partial charge in [-0.1, -0.05) is 0 Å². The van der Waals surface area contributed by atoms with Crippen LogP contribution >= 0.6 is 0 Å². The van der Waals surface area contributed by atoms with Gasteiger partial charge in [-0.05, 0) is 79.9 Å². The number of likely N-dealkylation sites (tertiary alicyclic amines) is 1. The smallest absolute Gasteiger partial charge is 0.295 e. The lowest BCUT2D eigenvalue weighted by molar-refractivity contribution is -0.140. The Bertz CT molecular complexity index is 1210. The molecule has 7 nitrogen and oxygen atoms in total. The minimum atomic E-state index is -0.743. The molecule has 3 aromatic rings. The number of hydrogen-bond acceptors (Lipinski definition) is 6. The summed E-state index contributed by atoms with van der Waals surface area (Å²) >= 11 is 0. The molecular formula is C26H25N3O4. The molecule has 1 atom stereocenters. The number of aromatic nitrogens is 2. The highest BCUT2D eigenvalue weighted by molar-refractivity contribution is 6.46. The summed E-state index contributed by atoms with van der Waals surface area (Å²) in [7, 11) is 0.